The summed E-state index contributed by atoms with van der Waals surface area (Å²) < 4.78 is 5.26. The molecule has 1 aromatic heterocycles. The average Bonchev–Trinajstić information content (AvgIpc) is 2.66. The second-order valence-electron chi connectivity index (χ2n) is 5.78. The first kappa shape index (κ1) is 15.6. The van der Waals surface area contributed by atoms with Gasteiger partial charge in [-0.05, 0) is 32.1 Å². The minimum Gasteiger partial charge on any atom is -0.481 e. The van der Waals surface area contributed by atoms with E-state index in [2.05, 4.69) is 6.92 Å². The van der Waals surface area contributed by atoms with Gasteiger partial charge in [0.05, 0.1) is 11.8 Å². The van der Waals surface area contributed by atoms with Gasteiger partial charge in [-0.15, -0.1) is 0 Å². The first-order valence-electron chi connectivity index (χ1n) is 7.61. The van der Waals surface area contributed by atoms with Crippen LogP contribution in [0, 0.1) is 12.8 Å². The van der Waals surface area contributed by atoms with Crippen LogP contribution in [0.2, 0.25) is 0 Å². The molecule has 1 N–H and O–H groups in total. The van der Waals surface area contributed by atoms with Crippen molar-refractivity contribution < 1.29 is 19.1 Å². The van der Waals surface area contributed by atoms with Crippen molar-refractivity contribution in [3.05, 3.63) is 23.2 Å². The van der Waals surface area contributed by atoms with E-state index >= 15 is 0 Å². The lowest BCUT2D eigenvalue weighted by molar-refractivity contribution is -0.136. The summed E-state index contributed by atoms with van der Waals surface area (Å²) in [7, 11) is 0. The number of carbonyl (C=O) groups is 2. The van der Waals surface area contributed by atoms with Crippen LogP contribution in [0.4, 0.5) is 0 Å². The molecule has 1 aromatic rings. The number of carbonyl (C=O) groups excluding carboxylic acids is 1. The maximum atomic E-state index is 12.7. The summed E-state index contributed by atoms with van der Waals surface area (Å²) in [5, 5.41) is 8.92. The van der Waals surface area contributed by atoms with E-state index in [1.165, 1.54) is 6.26 Å². The summed E-state index contributed by atoms with van der Waals surface area (Å²) in [4.78, 5) is 25.4. The Balaban J connectivity index is 2.16. The molecule has 21 heavy (non-hydrogen) atoms. The van der Waals surface area contributed by atoms with Gasteiger partial charge in [0.1, 0.15) is 12.2 Å². The molecule has 116 valence electrons. The summed E-state index contributed by atoms with van der Waals surface area (Å²) in [5.41, 5.74) is 1.15. The second-order valence-corrected chi connectivity index (χ2v) is 5.78. The molecule has 2 heterocycles. The molecule has 1 fully saturated rings. The maximum absolute atomic E-state index is 12.7. The summed E-state index contributed by atoms with van der Waals surface area (Å²) in [6.07, 6.45) is 5.56. The Labute approximate surface area is 124 Å². The van der Waals surface area contributed by atoms with E-state index in [4.69, 9.17) is 9.52 Å². The lowest BCUT2D eigenvalue weighted by Gasteiger charge is -2.21. The Morgan fingerprint density at radius 3 is 2.81 bits per heavy atom. The maximum Gasteiger partial charge on any atom is 0.311 e. The molecule has 0 spiro atoms. The van der Waals surface area contributed by atoms with Gasteiger partial charge in [0, 0.05) is 18.7 Å². The molecule has 1 amide bonds. The zero-order valence-electron chi connectivity index (χ0n) is 12.7. The van der Waals surface area contributed by atoms with Gasteiger partial charge in [0.25, 0.3) is 5.91 Å². The minimum absolute atomic E-state index is 0.0887. The summed E-state index contributed by atoms with van der Waals surface area (Å²) in [5.74, 6) is -0.123. The molecule has 0 bridgehead atoms. The number of hydrogen-bond acceptors (Lipinski definition) is 3. The Kier molecular flexibility index (Phi) is 5.04. The lowest BCUT2D eigenvalue weighted by Crippen LogP contribution is -2.33. The fourth-order valence-electron chi connectivity index (χ4n) is 2.99. The van der Waals surface area contributed by atoms with Gasteiger partial charge in [-0.1, -0.05) is 13.3 Å². The van der Waals surface area contributed by atoms with E-state index in [1.807, 2.05) is 4.90 Å². The largest absolute Gasteiger partial charge is 0.481 e. The lowest BCUT2D eigenvalue weighted by atomic mass is 9.98. The molecule has 0 radical (unpaired) electrons. The first-order chi connectivity index (χ1) is 10.0. The molecule has 5 heteroatoms. The molecule has 1 saturated heterocycles. The second kappa shape index (κ2) is 6.78. The zero-order valence-corrected chi connectivity index (χ0v) is 12.7. The third-order valence-corrected chi connectivity index (χ3v) is 4.29. The van der Waals surface area contributed by atoms with Gasteiger partial charge in [-0.3, -0.25) is 9.59 Å². The van der Waals surface area contributed by atoms with Crippen molar-refractivity contribution in [1.29, 1.82) is 0 Å². The van der Waals surface area contributed by atoms with Gasteiger partial charge in [-0.2, -0.15) is 0 Å². The molecule has 1 unspecified atom stereocenters. The van der Waals surface area contributed by atoms with Crippen LogP contribution in [-0.2, 0) is 11.2 Å². The van der Waals surface area contributed by atoms with E-state index in [0.29, 0.717) is 17.0 Å². The number of amides is 1. The quantitative estimate of drug-likeness (QED) is 0.926. The Morgan fingerprint density at radius 2 is 2.14 bits per heavy atom. The van der Waals surface area contributed by atoms with Crippen LogP contribution >= 0.6 is 0 Å². The molecule has 1 aliphatic heterocycles. The Morgan fingerprint density at radius 1 is 1.38 bits per heavy atom. The van der Waals surface area contributed by atoms with Crippen LogP contribution in [-0.4, -0.2) is 35.0 Å². The van der Waals surface area contributed by atoms with Crippen molar-refractivity contribution in [2.75, 3.05) is 13.1 Å². The first-order valence-corrected chi connectivity index (χ1v) is 7.61. The van der Waals surface area contributed by atoms with Crippen molar-refractivity contribution in [2.24, 2.45) is 5.92 Å². The highest BCUT2D eigenvalue weighted by atomic mass is 16.4. The Bertz CT molecular complexity index is 520. The van der Waals surface area contributed by atoms with Gasteiger partial charge >= 0.3 is 5.97 Å². The highest BCUT2D eigenvalue weighted by Gasteiger charge is 2.26. The minimum atomic E-state index is -0.986. The third-order valence-electron chi connectivity index (χ3n) is 4.29. The number of likely N-dealkylation sites (tertiary alicyclic amines) is 1. The predicted octanol–water partition coefficient (Wildman–Crippen LogP) is 2.87. The van der Waals surface area contributed by atoms with Crippen LogP contribution in [0.3, 0.4) is 0 Å². The molecular weight excluding hydrogens is 270 g/mol. The number of aryl methyl sites for hydroxylation is 1. The van der Waals surface area contributed by atoms with Crippen LogP contribution in [0.1, 0.15) is 54.3 Å². The van der Waals surface area contributed by atoms with E-state index in [9.17, 15) is 9.59 Å². The number of furan rings is 1. The summed E-state index contributed by atoms with van der Waals surface area (Å²) >= 11 is 0. The smallest absolute Gasteiger partial charge is 0.311 e. The van der Waals surface area contributed by atoms with Crippen molar-refractivity contribution >= 4 is 11.9 Å². The van der Waals surface area contributed by atoms with Gasteiger partial charge in [-0.25, -0.2) is 0 Å². The predicted molar refractivity (Wildman–Crippen MR) is 78.3 cm³/mol. The zero-order chi connectivity index (χ0) is 15.4. The Hall–Kier alpha value is -1.78. The topological polar surface area (TPSA) is 70.8 Å². The standard InChI is InChI=1S/C16H23NO4/c1-3-12-5-4-7-17(8-6-12)16(20)15-11(2)10-21-13(15)9-14(18)19/h10,12H,3-9H2,1-2H3,(H,18,19). The SMILES string of the molecule is CCC1CCCN(C(=O)c2c(C)coc2CC(=O)O)CC1. The molecule has 0 aliphatic carbocycles. The van der Waals surface area contributed by atoms with Crippen molar-refractivity contribution in [3.63, 3.8) is 0 Å². The van der Waals surface area contributed by atoms with Crippen LogP contribution in [0.25, 0.3) is 0 Å². The van der Waals surface area contributed by atoms with E-state index < -0.39 is 5.97 Å². The highest BCUT2D eigenvalue weighted by molar-refractivity contribution is 5.97. The molecule has 2 rings (SSSR count). The van der Waals surface area contributed by atoms with Gasteiger partial charge in [0.15, 0.2) is 0 Å². The number of aliphatic carboxylic acids is 1. The number of carboxylic acids is 1. The average molecular weight is 293 g/mol. The van der Waals surface area contributed by atoms with Crippen molar-refractivity contribution in [1.82, 2.24) is 4.90 Å². The van der Waals surface area contributed by atoms with Gasteiger partial charge in [0.2, 0.25) is 0 Å². The number of hydrogen-bond donors (Lipinski definition) is 1. The number of rotatable bonds is 4. The van der Waals surface area contributed by atoms with Crippen LogP contribution in [0.15, 0.2) is 10.7 Å². The fraction of sp³-hybridized carbons (Fsp3) is 0.625. The van der Waals surface area contributed by atoms with Crippen LogP contribution < -0.4 is 0 Å². The van der Waals surface area contributed by atoms with E-state index in [-0.39, 0.29) is 18.1 Å². The molecule has 5 nitrogen and oxygen atoms in total. The molecular formula is C16H23NO4. The van der Waals surface area contributed by atoms with E-state index in [0.717, 1.165) is 38.8 Å². The summed E-state index contributed by atoms with van der Waals surface area (Å²) in [6.45, 7) is 5.46. The van der Waals surface area contributed by atoms with Crippen LogP contribution in [0.5, 0.6) is 0 Å². The third kappa shape index (κ3) is 3.65. The number of carboxylic acid groups (broad SMARTS) is 1. The van der Waals surface area contributed by atoms with E-state index in [1.54, 1.807) is 6.92 Å². The monoisotopic (exact) mass is 293 g/mol. The van der Waals surface area contributed by atoms with Gasteiger partial charge < -0.3 is 14.4 Å². The molecule has 1 aliphatic rings. The highest BCUT2D eigenvalue weighted by Crippen LogP contribution is 2.24. The van der Waals surface area contributed by atoms with Crippen molar-refractivity contribution in [3.8, 4) is 0 Å². The molecule has 1 atom stereocenters. The number of nitrogens with zero attached hydrogens (tertiary/aromatic N) is 1. The normalized spacial score (nSPS) is 19.3. The molecule has 0 saturated carbocycles. The van der Waals surface area contributed by atoms with Crippen molar-refractivity contribution in [2.45, 2.75) is 46.0 Å². The fourth-order valence-corrected chi connectivity index (χ4v) is 2.99. The summed E-state index contributed by atoms with van der Waals surface area (Å²) in [6, 6.07) is 0. The molecule has 0 aromatic carbocycles.